The number of carbonyl (C=O) groups excluding carboxylic acids is 1. The molecule has 0 saturated carbocycles. The van der Waals surface area contributed by atoms with E-state index in [-0.39, 0.29) is 5.92 Å². The average molecular weight is 227 g/mol. The lowest BCUT2D eigenvalue weighted by Gasteiger charge is -2.22. The Morgan fingerprint density at radius 2 is 2.33 bits per heavy atom. The van der Waals surface area contributed by atoms with E-state index in [1.54, 1.807) is 0 Å². The van der Waals surface area contributed by atoms with Gasteiger partial charge in [-0.25, -0.2) is 4.98 Å². The van der Waals surface area contributed by atoms with Gasteiger partial charge in [0.25, 0.3) is 0 Å². The highest BCUT2D eigenvalue weighted by Crippen LogP contribution is 2.34. The highest BCUT2D eigenvalue weighted by Gasteiger charge is 2.27. The number of aldehydes is 1. The molecule has 0 amide bonds. The zero-order valence-electron chi connectivity index (χ0n) is 9.03. The van der Waals surface area contributed by atoms with Crippen LogP contribution >= 0.6 is 11.6 Å². The molecule has 1 aromatic rings. The molecule has 0 fully saturated rings. The second-order valence-corrected chi connectivity index (χ2v) is 4.70. The van der Waals surface area contributed by atoms with Gasteiger partial charge in [0.05, 0.1) is 11.6 Å². The smallest absolute Gasteiger partial charge is 0.151 e. The molecular formula is C11H15ClN2O. The molecular weight excluding hydrogens is 212 g/mol. The molecule has 1 atom stereocenters. The summed E-state index contributed by atoms with van der Waals surface area (Å²) in [5, 5.41) is 0.510. The largest absolute Gasteiger partial charge is 0.330 e. The molecule has 0 saturated heterocycles. The monoisotopic (exact) mass is 226 g/mol. The first-order valence-corrected chi connectivity index (χ1v) is 5.74. The first-order chi connectivity index (χ1) is 7.15. The fourth-order valence-electron chi connectivity index (χ4n) is 2.22. The van der Waals surface area contributed by atoms with E-state index < -0.39 is 0 Å². The van der Waals surface area contributed by atoms with Crippen LogP contribution in [0.15, 0.2) is 0 Å². The second-order valence-electron chi connectivity index (χ2n) is 4.34. The third-order valence-corrected chi connectivity index (χ3v) is 3.20. The van der Waals surface area contributed by atoms with Crippen molar-refractivity contribution in [3.05, 3.63) is 16.7 Å². The molecule has 1 aromatic heterocycles. The van der Waals surface area contributed by atoms with Gasteiger partial charge in [0.15, 0.2) is 5.15 Å². The van der Waals surface area contributed by atoms with Crippen molar-refractivity contribution < 1.29 is 4.79 Å². The van der Waals surface area contributed by atoms with Crippen molar-refractivity contribution in [2.24, 2.45) is 0 Å². The van der Waals surface area contributed by atoms with E-state index in [2.05, 4.69) is 23.4 Å². The van der Waals surface area contributed by atoms with Gasteiger partial charge < -0.3 is 9.36 Å². The molecule has 3 nitrogen and oxygen atoms in total. The Morgan fingerprint density at radius 3 is 2.93 bits per heavy atom. The van der Waals surface area contributed by atoms with Crippen molar-refractivity contribution in [1.29, 1.82) is 0 Å². The number of imidazole rings is 1. The van der Waals surface area contributed by atoms with Crippen LogP contribution < -0.4 is 0 Å². The Hall–Kier alpha value is -0.830. The summed E-state index contributed by atoms with van der Waals surface area (Å²) in [5.74, 6) is 1.29. The van der Waals surface area contributed by atoms with Gasteiger partial charge in [0.2, 0.25) is 0 Å². The van der Waals surface area contributed by atoms with Crippen LogP contribution in [0.5, 0.6) is 0 Å². The minimum atomic E-state index is -0.0637. The third-order valence-electron chi connectivity index (χ3n) is 2.92. The van der Waals surface area contributed by atoms with E-state index >= 15 is 0 Å². The molecule has 0 bridgehead atoms. The SMILES string of the molecule is CC(C)c1nc(Cl)c2n1CCCC2C=O. The highest BCUT2D eigenvalue weighted by atomic mass is 35.5. The van der Waals surface area contributed by atoms with Crippen molar-refractivity contribution in [3.8, 4) is 0 Å². The Labute approximate surface area is 94.4 Å². The van der Waals surface area contributed by atoms with E-state index in [9.17, 15) is 4.79 Å². The number of carbonyl (C=O) groups is 1. The van der Waals surface area contributed by atoms with E-state index in [0.29, 0.717) is 11.1 Å². The van der Waals surface area contributed by atoms with Gasteiger partial charge in [-0.1, -0.05) is 25.4 Å². The highest BCUT2D eigenvalue weighted by molar-refractivity contribution is 6.30. The maximum atomic E-state index is 11.0. The maximum absolute atomic E-state index is 11.0. The van der Waals surface area contributed by atoms with E-state index in [0.717, 1.165) is 37.2 Å². The Bertz CT molecular complexity index is 384. The Kier molecular flexibility index (Phi) is 2.83. The van der Waals surface area contributed by atoms with Crippen LogP contribution in [0.4, 0.5) is 0 Å². The van der Waals surface area contributed by atoms with Crippen LogP contribution in [0, 0.1) is 0 Å². The fraction of sp³-hybridized carbons (Fsp3) is 0.636. The van der Waals surface area contributed by atoms with E-state index in [1.807, 2.05) is 0 Å². The third kappa shape index (κ3) is 1.69. The first-order valence-electron chi connectivity index (χ1n) is 5.36. The number of rotatable bonds is 2. The molecule has 0 spiro atoms. The number of hydrogen-bond donors (Lipinski definition) is 0. The summed E-state index contributed by atoms with van der Waals surface area (Å²) in [6.45, 7) is 5.12. The molecule has 82 valence electrons. The summed E-state index contributed by atoms with van der Waals surface area (Å²) in [4.78, 5) is 15.3. The summed E-state index contributed by atoms with van der Waals surface area (Å²) in [5.41, 5.74) is 0.918. The number of aromatic nitrogens is 2. The van der Waals surface area contributed by atoms with Crippen LogP contribution in [0.25, 0.3) is 0 Å². The second kappa shape index (κ2) is 3.97. The lowest BCUT2D eigenvalue weighted by atomic mass is 9.98. The van der Waals surface area contributed by atoms with Crippen LogP contribution in [0.3, 0.4) is 0 Å². The van der Waals surface area contributed by atoms with Gasteiger partial charge in [0.1, 0.15) is 12.1 Å². The van der Waals surface area contributed by atoms with Crippen LogP contribution in [0.1, 0.15) is 50.0 Å². The van der Waals surface area contributed by atoms with Crippen molar-refractivity contribution in [2.75, 3.05) is 0 Å². The van der Waals surface area contributed by atoms with Gasteiger partial charge in [-0.3, -0.25) is 0 Å². The molecule has 1 aliphatic rings. The quantitative estimate of drug-likeness (QED) is 0.727. The van der Waals surface area contributed by atoms with E-state index in [4.69, 9.17) is 11.6 Å². The summed E-state index contributed by atoms with van der Waals surface area (Å²) in [6, 6.07) is 0. The van der Waals surface area contributed by atoms with Gasteiger partial charge in [-0.2, -0.15) is 0 Å². The summed E-state index contributed by atoms with van der Waals surface area (Å²) < 4.78 is 2.12. The minimum absolute atomic E-state index is 0.0637. The topological polar surface area (TPSA) is 34.9 Å². The molecule has 2 rings (SSSR count). The fourth-order valence-corrected chi connectivity index (χ4v) is 2.55. The summed E-state index contributed by atoms with van der Waals surface area (Å²) in [7, 11) is 0. The lowest BCUT2D eigenvalue weighted by Crippen LogP contribution is -2.18. The van der Waals surface area contributed by atoms with Gasteiger partial charge in [-0.05, 0) is 12.8 Å². The number of hydrogen-bond acceptors (Lipinski definition) is 2. The normalized spacial score (nSPS) is 20.4. The van der Waals surface area contributed by atoms with Crippen LogP contribution in [0.2, 0.25) is 5.15 Å². The molecule has 1 unspecified atom stereocenters. The average Bonchev–Trinajstić information content (AvgIpc) is 2.56. The predicted octanol–water partition coefficient (Wildman–Crippen LogP) is 2.74. The maximum Gasteiger partial charge on any atom is 0.151 e. The van der Waals surface area contributed by atoms with E-state index in [1.165, 1.54) is 0 Å². The Morgan fingerprint density at radius 1 is 1.60 bits per heavy atom. The van der Waals surface area contributed by atoms with Crippen LogP contribution in [-0.4, -0.2) is 15.8 Å². The van der Waals surface area contributed by atoms with Gasteiger partial charge in [-0.15, -0.1) is 0 Å². The van der Waals surface area contributed by atoms with Crippen LogP contribution in [-0.2, 0) is 11.3 Å². The van der Waals surface area contributed by atoms with Gasteiger partial charge >= 0.3 is 0 Å². The molecule has 0 aromatic carbocycles. The van der Waals surface area contributed by atoms with Gasteiger partial charge in [0, 0.05) is 12.5 Å². The molecule has 0 aliphatic carbocycles. The predicted molar refractivity (Wildman–Crippen MR) is 59.4 cm³/mol. The summed E-state index contributed by atoms with van der Waals surface area (Å²) in [6.07, 6.45) is 2.91. The molecule has 0 radical (unpaired) electrons. The minimum Gasteiger partial charge on any atom is -0.330 e. The summed E-state index contributed by atoms with van der Waals surface area (Å²) >= 11 is 6.09. The Balaban J connectivity index is 2.53. The molecule has 4 heteroatoms. The molecule has 0 N–H and O–H groups in total. The zero-order valence-corrected chi connectivity index (χ0v) is 9.79. The zero-order chi connectivity index (χ0) is 11.0. The number of nitrogens with zero attached hydrogens (tertiary/aromatic N) is 2. The molecule has 15 heavy (non-hydrogen) atoms. The number of halogens is 1. The first kappa shape index (κ1) is 10.7. The molecule has 2 heterocycles. The van der Waals surface area contributed by atoms with Crippen molar-refractivity contribution in [3.63, 3.8) is 0 Å². The van der Waals surface area contributed by atoms with Crippen molar-refractivity contribution in [1.82, 2.24) is 9.55 Å². The molecule has 1 aliphatic heterocycles. The lowest BCUT2D eigenvalue weighted by molar-refractivity contribution is -0.109. The number of fused-ring (bicyclic) bond motifs is 1. The van der Waals surface area contributed by atoms with Crippen molar-refractivity contribution >= 4 is 17.9 Å². The standard InChI is InChI=1S/C11H15ClN2O/c1-7(2)11-13-10(12)9-8(6-15)4-3-5-14(9)11/h6-8H,3-5H2,1-2H3. The van der Waals surface area contributed by atoms with Crippen molar-refractivity contribution in [2.45, 2.75) is 45.1 Å².